The average Bonchev–Trinajstić information content (AvgIpc) is 2.62. The molecule has 0 saturated carbocycles. The largest absolute Gasteiger partial charge is 0.398 e. The molecular weight excluding hydrogens is 318 g/mol. The van der Waals surface area contributed by atoms with Gasteiger partial charge in [0.1, 0.15) is 0 Å². The maximum absolute atomic E-state index is 13.0. The van der Waals surface area contributed by atoms with Gasteiger partial charge in [-0.3, -0.25) is 19.2 Å². The summed E-state index contributed by atoms with van der Waals surface area (Å²) in [4.78, 5) is 49.7. The SMILES string of the molecule is Nc1ccc2c(c1C1=CC(=O)C=CC1=O)C(=O)c1ccccc1C2=O. The quantitative estimate of drug-likeness (QED) is 0.545. The van der Waals surface area contributed by atoms with Crippen molar-refractivity contribution in [3.8, 4) is 0 Å². The second-order valence-electron chi connectivity index (χ2n) is 5.81. The van der Waals surface area contributed by atoms with Crippen molar-refractivity contribution in [1.82, 2.24) is 0 Å². The molecule has 5 heteroatoms. The van der Waals surface area contributed by atoms with E-state index in [2.05, 4.69) is 0 Å². The van der Waals surface area contributed by atoms with Gasteiger partial charge in [-0.05, 0) is 30.4 Å². The molecule has 0 aliphatic heterocycles. The van der Waals surface area contributed by atoms with E-state index in [1.54, 1.807) is 24.3 Å². The molecule has 0 radical (unpaired) electrons. The molecule has 2 aromatic rings. The van der Waals surface area contributed by atoms with Crippen molar-refractivity contribution in [1.29, 1.82) is 0 Å². The first-order valence-electron chi connectivity index (χ1n) is 7.58. The van der Waals surface area contributed by atoms with Gasteiger partial charge < -0.3 is 5.73 Å². The third-order valence-corrected chi connectivity index (χ3v) is 4.35. The number of hydrogen-bond acceptors (Lipinski definition) is 5. The van der Waals surface area contributed by atoms with Crippen LogP contribution in [0.25, 0.3) is 5.57 Å². The molecule has 0 unspecified atom stereocenters. The number of ketones is 4. The van der Waals surface area contributed by atoms with E-state index in [0.29, 0.717) is 5.56 Å². The summed E-state index contributed by atoms with van der Waals surface area (Å²) < 4.78 is 0. The van der Waals surface area contributed by atoms with Gasteiger partial charge >= 0.3 is 0 Å². The number of carbonyl (C=O) groups is 4. The Bertz CT molecular complexity index is 1070. The highest BCUT2D eigenvalue weighted by Crippen LogP contribution is 2.36. The molecule has 4 rings (SSSR count). The van der Waals surface area contributed by atoms with Crippen LogP contribution in [0.3, 0.4) is 0 Å². The summed E-state index contributed by atoms with van der Waals surface area (Å²) >= 11 is 0. The van der Waals surface area contributed by atoms with E-state index in [1.807, 2.05) is 0 Å². The smallest absolute Gasteiger partial charge is 0.195 e. The van der Waals surface area contributed by atoms with Gasteiger partial charge in [0, 0.05) is 39.1 Å². The summed E-state index contributed by atoms with van der Waals surface area (Å²) in [5, 5.41) is 0. The number of allylic oxidation sites excluding steroid dienone is 4. The second kappa shape index (κ2) is 5.21. The lowest BCUT2D eigenvalue weighted by molar-refractivity contribution is -0.113. The minimum atomic E-state index is -0.432. The van der Waals surface area contributed by atoms with E-state index in [1.165, 1.54) is 12.1 Å². The molecule has 0 amide bonds. The Hall–Kier alpha value is -3.60. The van der Waals surface area contributed by atoms with Gasteiger partial charge in [0.2, 0.25) is 0 Å². The summed E-state index contributed by atoms with van der Waals surface area (Å²) in [6.07, 6.45) is 3.44. The minimum Gasteiger partial charge on any atom is -0.398 e. The fourth-order valence-electron chi connectivity index (χ4n) is 3.20. The topological polar surface area (TPSA) is 94.3 Å². The highest BCUT2D eigenvalue weighted by Gasteiger charge is 2.34. The van der Waals surface area contributed by atoms with Gasteiger partial charge in [0.15, 0.2) is 23.1 Å². The maximum Gasteiger partial charge on any atom is 0.195 e. The first-order chi connectivity index (χ1) is 12.0. The van der Waals surface area contributed by atoms with Crippen LogP contribution in [-0.2, 0) is 9.59 Å². The number of rotatable bonds is 1. The van der Waals surface area contributed by atoms with Crippen LogP contribution in [0.15, 0.2) is 54.6 Å². The van der Waals surface area contributed by atoms with E-state index >= 15 is 0 Å². The molecule has 0 atom stereocenters. The number of carbonyl (C=O) groups excluding carboxylic acids is 4. The minimum absolute atomic E-state index is 0.0300. The van der Waals surface area contributed by atoms with Crippen LogP contribution in [0.5, 0.6) is 0 Å². The van der Waals surface area contributed by atoms with E-state index < -0.39 is 5.78 Å². The number of nitrogen functional groups attached to an aromatic ring is 1. The zero-order valence-corrected chi connectivity index (χ0v) is 12.9. The Morgan fingerprint density at radius 2 is 1.36 bits per heavy atom. The highest BCUT2D eigenvalue weighted by atomic mass is 16.1. The monoisotopic (exact) mass is 329 g/mol. The first kappa shape index (κ1) is 15.0. The van der Waals surface area contributed by atoms with Crippen LogP contribution in [0.4, 0.5) is 5.69 Å². The first-order valence-corrected chi connectivity index (χ1v) is 7.58. The predicted molar refractivity (Wildman–Crippen MR) is 91.3 cm³/mol. The second-order valence-corrected chi connectivity index (χ2v) is 5.81. The van der Waals surface area contributed by atoms with Crippen molar-refractivity contribution in [2.24, 2.45) is 0 Å². The lowest BCUT2D eigenvalue weighted by Gasteiger charge is -2.22. The van der Waals surface area contributed by atoms with Crippen molar-refractivity contribution < 1.29 is 19.2 Å². The molecule has 2 aromatic carbocycles. The maximum atomic E-state index is 13.0. The molecule has 0 fully saturated rings. The molecule has 25 heavy (non-hydrogen) atoms. The molecular formula is C20H11NO4. The highest BCUT2D eigenvalue weighted by molar-refractivity contribution is 6.38. The van der Waals surface area contributed by atoms with Crippen LogP contribution >= 0.6 is 0 Å². The molecule has 120 valence electrons. The Kier molecular flexibility index (Phi) is 3.12. The lowest BCUT2D eigenvalue weighted by atomic mass is 9.78. The summed E-state index contributed by atoms with van der Waals surface area (Å²) in [5.41, 5.74) is 7.20. The fourth-order valence-corrected chi connectivity index (χ4v) is 3.20. The molecule has 2 aliphatic rings. The van der Waals surface area contributed by atoms with E-state index in [4.69, 9.17) is 5.73 Å². The summed E-state index contributed by atoms with van der Waals surface area (Å²) in [6.45, 7) is 0. The van der Waals surface area contributed by atoms with Crippen LogP contribution in [0, 0.1) is 0 Å². The van der Waals surface area contributed by atoms with Crippen molar-refractivity contribution in [3.05, 3.63) is 82.4 Å². The standard InChI is InChI=1S/C20H11NO4/c21-15-7-6-13-18(17(15)14-9-10(22)5-8-16(14)23)20(25)12-4-2-1-3-11(12)19(13)24/h1-9H,21H2. The normalized spacial score (nSPS) is 15.8. The molecule has 2 aliphatic carbocycles. The molecule has 0 aromatic heterocycles. The molecule has 2 N–H and O–H groups in total. The van der Waals surface area contributed by atoms with E-state index in [-0.39, 0.29) is 50.9 Å². The zero-order valence-electron chi connectivity index (χ0n) is 12.9. The van der Waals surface area contributed by atoms with Crippen LogP contribution < -0.4 is 5.73 Å². The van der Waals surface area contributed by atoms with Crippen LogP contribution in [0.2, 0.25) is 0 Å². The number of benzene rings is 2. The van der Waals surface area contributed by atoms with Crippen molar-refractivity contribution in [3.63, 3.8) is 0 Å². The van der Waals surface area contributed by atoms with Crippen molar-refractivity contribution in [2.45, 2.75) is 0 Å². The number of hydrogen-bond donors (Lipinski definition) is 1. The van der Waals surface area contributed by atoms with Gasteiger partial charge in [0.05, 0.1) is 0 Å². The molecule has 0 bridgehead atoms. The Labute approximate surface area is 142 Å². The fraction of sp³-hybridized carbons (Fsp3) is 0. The van der Waals surface area contributed by atoms with Gasteiger partial charge in [-0.15, -0.1) is 0 Å². The van der Waals surface area contributed by atoms with Crippen LogP contribution in [-0.4, -0.2) is 23.1 Å². The summed E-state index contributed by atoms with van der Waals surface area (Å²) in [6, 6.07) is 9.46. The zero-order chi connectivity index (χ0) is 17.7. The predicted octanol–water partition coefficient (Wildman–Crippen LogP) is 2.14. The van der Waals surface area contributed by atoms with E-state index in [0.717, 1.165) is 18.2 Å². The Morgan fingerprint density at radius 1 is 0.680 bits per heavy atom. The molecule has 0 saturated heterocycles. The summed E-state index contributed by atoms with van der Waals surface area (Å²) in [7, 11) is 0. The Balaban J connectivity index is 2.04. The average molecular weight is 329 g/mol. The van der Waals surface area contributed by atoms with Gasteiger partial charge in [-0.1, -0.05) is 24.3 Å². The van der Waals surface area contributed by atoms with Gasteiger partial charge in [-0.2, -0.15) is 0 Å². The molecule has 5 nitrogen and oxygen atoms in total. The van der Waals surface area contributed by atoms with Gasteiger partial charge in [0.25, 0.3) is 0 Å². The molecule has 0 heterocycles. The van der Waals surface area contributed by atoms with E-state index in [9.17, 15) is 19.2 Å². The van der Waals surface area contributed by atoms with Crippen molar-refractivity contribution >= 4 is 34.4 Å². The molecule has 0 spiro atoms. The number of nitrogens with two attached hydrogens (primary N) is 1. The summed E-state index contributed by atoms with van der Waals surface area (Å²) in [5.74, 6) is -1.50. The van der Waals surface area contributed by atoms with Gasteiger partial charge in [-0.25, -0.2) is 0 Å². The Morgan fingerprint density at radius 3 is 2.08 bits per heavy atom. The van der Waals surface area contributed by atoms with Crippen molar-refractivity contribution in [2.75, 3.05) is 5.73 Å². The lowest BCUT2D eigenvalue weighted by Crippen LogP contribution is -2.24. The number of anilines is 1. The van der Waals surface area contributed by atoms with Crippen LogP contribution in [0.1, 0.15) is 37.4 Å². The third kappa shape index (κ3) is 2.10. The third-order valence-electron chi connectivity index (χ3n) is 4.35. The number of fused-ring (bicyclic) bond motifs is 2.